The molecule has 0 radical (unpaired) electrons. The minimum atomic E-state index is 0.223. The summed E-state index contributed by atoms with van der Waals surface area (Å²) in [7, 11) is 0. The standard InChI is InChI=1S/C11H19N3OS/c12-10-13-7-11(3-5-16-8-11)14(10)6-9-2-1-4-15-9/h9H,1-8H2,(H2,12,13). The van der Waals surface area contributed by atoms with Gasteiger partial charge in [-0.25, -0.2) is 0 Å². The van der Waals surface area contributed by atoms with Gasteiger partial charge in [-0.3, -0.25) is 4.99 Å². The van der Waals surface area contributed by atoms with Crippen LogP contribution in [0.1, 0.15) is 19.3 Å². The molecule has 2 unspecified atom stereocenters. The van der Waals surface area contributed by atoms with E-state index in [9.17, 15) is 0 Å². The monoisotopic (exact) mass is 241 g/mol. The second-order valence-electron chi connectivity index (χ2n) is 4.95. The predicted octanol–water partition coefficient (Wildman–Crippen LogP) is 0.671. The molecule has 0 bridgehead atoms. The molecular weight excluding hydrogens is 222 g/mol. The summed E-state index contributed by atoms with van der Waals surface area (Å²) >= 11 is 2.02. The van der Waals surface area contributed by atoms with Crippen molar-refractivity contribution in [2.45, 2.75) is 30.9 Å². The van der Waals surface area contributed by atoms with E-state index in [1.165, 1.54) is 30.8 Å². The van der Waals surface area contributed by atoms with Gasteiger partial charge in [0, 0.05) is 18.9 Å². The fraction of sp³-hybridized carbons (Fsp3) is 0.909. The molecule has 0 aromatic carbocycles. The molecule has 1 spiro atoms. The number of nitrogens with zero attached hydrogens (tertiary/aromatic N) is 2. The fourth-order valence-corrected chi connectivity index (χ4v) is 4.30. The predicted molar refractivity (Wildman–Crippen MR) is 66.8 cm³/mol. The lowest BCUT2D eigenvalue weighted by Crippen LogP contribution is -2.54. The van der Waals surface area contributed by atoms with Crippen LogP contribution in [-0.2, 0) is 4.74 Å². The van der Waals surface area contributed by atoms with Crippen LogP contribution < -0.4 is 5.73 Å². The SMILES string of the molecule is NC1=NCC2(CCSC2)N1CC1CCCO1. The van der Waals surface area contributed by atoms with Crippen molar-refractivity contribution < 1.29 is 4.74 Å². The van der Waals surface area contributed by atoms with Crippen LogP contribution in [-0.4, -0.2) is 53.7 Å². The van der Waals surface area contributed by atoms with E-state index in [0.29, 0.717) is 6.10 Å². The quantitative estimate of drug-likeness (QED) is 0.772. The lowest BCUT2D eigenvalue weighted by Gasteiger charge is -2.36. The van der Waals surface area contributed by atoms with Crippen LogP contribution in [0.2, 0.25) is 0 Å². The molecule has 16 heavy (non-hydrogen) atoms. The summed E-state index contributed by atoms with van der Waals surface area (Å²) in [6, 6.07) is 0. The third-order valence-electron chi connectivity index (χ3n) is 3.88. The first-order chi connectivity index (χ1) is 7.80. The number of hydrogen-bond donors (Lipinski definition) is 1. The summed E-state index contributed by atoms with van der Waals surface area (Å²) in [6.07, 6.45) is 3.95. The van der Waals surface area contributed by atoms with Crippen molar-refractivity contribution in [1.82, 2.24) is 4.90 Å². The number of ether oxygens (including phenoxy) is 1. The molecule has 2 N–H and O–H groups in total. The number of aliphatic imine (C=N–C) groups is 1. The Bertz CT molecular complexity index is 296. The molecule has 0 aromatic rings. The van der Waals surface area contributed by atoms with E-state index < -0.39 is 0 Å². The van der Waals surface area contributed by atoms with E-state index in [4.69, 9.17) is 10.5 Å². The molecule has 90 valence electrons. The molecule has 2 fully saturated rings. The first-order valence-corrected chi connectivity index (χ1v) is 7.23. The third-order valence-corrected chi connectivity index (χ3v) is 5.11. The van der Waals surface area contributed by atoms with Gasteiger partial charge in [0.05, 0.1) is 18.2 Å². The van der Waals surface area contributed by atoms with Gasteiger partial charge < -0.3 is 15.4 Å². The molecule has 0 amide bonds. The number of guanidine groups is 1. The Morgan fingerprint density at radius 2 is 2.56 bits per heavy atom. The van der Waals surface area contributed by atoms with Crippen molar-refractivity contribution in [2.75, 3.05) is 31.2 Å². The molecule has 4 nitrogen and oxygen atoms in total. The fourth-order valence-electron chi connectivity index (χ4n) is 2.86. The van der Waals surface area contributed by atoms with Gasteiger partial charge in [-0.05, 0) is 25.0 Å². The highest BCUT2D eigenvalue weighted by Crippen LogP contribution is 2.37. The molecular formula is C11H19N3OS. The van der Waals surface area contributed by atoms with Crippen molar-refractivity contribution in [3.05, 3.63) is 0 Å². The maximum absolute atomic E-state index is 6.02. The van der Waals surface area contributed by atoms with Crippen LogP contribution in [0.15, 0.2) is 4.99 Å². The van der Waals surface area contributed by atoms with Crippen LogP contribution >= 0.6 is 11.8 Å². The van der Waals surface area contributed by atoms with Crippen molar-refractivity contribution >= 4 is 17.7 Å². The molecule has 0 aliphatic carbocycles. The Labute approximate surface area is 101 Å². The summed E-state index contributed by atoms with van der Waals surface area (Å²) < 4.78 is 5.71. The number of rotatable bonds is 2. The molecule has 3 heterocycles. The maximum Gasteiger partial charge on any atom is 0.191 e. The zero-order valence-electron chi connectivity index (χ0n) is 9.52. The summed E-state index contributed by atoms with van der Waals surface area (Å²) in [5, 5.41) is 0. The van der Waals surface area contributed by atoms with Gasteiger partial charge in [0.15, 0.2) is 5.96 Å². The highest BCUT2D eigenvalue weighted by atomic mass is 32.2. The van der Waals surface area contributed by atoms with E-state index in [2.05, 4.69) is 9.89 Å². The molecule has 3 rings (SSSR count). The van der Waals surface area contributed by atoms with E-state index in [1.807, 2.05) is 11.8 Å². The van der Waals surface area contributed by atoms with Crippen LogP contribution in [0.3, 0.4) is 0 Å². The first-order valence-electron chi connectivity index (χ1n) is 6.07. The average Bonchev–Trinajstić information content (AvgIpc) is 2.98. The van der Waals surface area contributed by atoms with E-state index in [-0.39, 0.29) is 5.54 Å². The normalized spacial score (nSPS) is 38.6. The third kappa shape index (κ3) is 1.70. The Morgan fingerprint density at radius 1 is 1.62 bits per heavy atom. The first kappa shape index (κ1) is 10.7. The van der Waals surface area contributed by atoms with Gasteiger partial charge in [0.25, 0.3) is 0 Å². The van der Waals surface area contributed by atoms with Gasteiger partial charge in [-0.15, -0.1) is 0 Å². The van der Waals surface area contributed by atoms with Crippen LogP contribution in [0.4, 0.5) is 0 Å². The number of hydrogen-bond acceptors (Lipinski definition) is 5. The topological polar surface area (TPSA) is 50.8 Å². The number of thioether (sulfide) groups is 1. The van der Waals surface area contributed by atoms with Gasteiger partial charge in [0.2, 0.25) is 0 Å². The molecule has 5 heteroatoms. The lowest BCUT2D eigenvalue weighted by atomic mass is 9.97. The second kappa shape index (κ2) is 4.11. The van der Waals surface area contributed by atoms with Gasteiger partial charge in [0.1, 0.15) is 0 Å². The second-order valence-corrected chi connectivity index (χ2v) is 6.05. The summed E-state index contributed by atoms with van der Waals surface area (Å²) in [6.45, 7) is 2.74. The van der Waals surface area contributed by atoms with E-state index in [0.717, 1.165) is 25.7 Å². The Balaban J connectivity index is 1.71. The smallest absolute Gasteiger partial charge is 0.191 e. The van der Waals surface area contributed by atoms with Crippen molar-refractivity contribution in [1.29, 1.82) is 0 Å². The Hall–Kier alpha value is -0.420. The zero-order chi connectivity index (χ0) is 11.0. The van der Waals surface area contributed by atoms with Crippen molar-refractivity contribution in [3.8, 4) is 0 Å². The van der Waals surface area contributed by atoms with E-state index >= 15 is 0 Å². The minimum absolute atomic E-state index is 0.223. The molecule has 2 atom stereocenters. The highest BCUT2D eigenvalue weighted by molar-refractivity contribution is 7.99. The average molecular weight is 241 g/mol. The van der Waals surface area contributed by atoms with Crippen LogP contribution in [0, 0.1) is 0 Å². The van der Waals surface area contributed by atoms with Gasteiger partial charge >= 0.3 is 0 Å². The maximum atomic E-state index is 6.02. The van der Waals surface area contributed by atoms with Crippen molar-refractivity contribution in [3.63, 3.8) is 0 Å². The summed E-state index contributed by atoms with van der Waals surface area (Å²) in [4.78, 5) is 6.77. The molecule has 2 saturated heterocycles. The lowest BCUT2D eigenvalue weighted by molar-refractivity contribution is 0.0711. The summed E-state index contributed by atoms with van der Waals surface area (Å²) in [5.41, 5.74) is 6.25. The van der Waals surface area contributed by atoms with Gasteiger partial charge in [-0.1, -0.05) is 0 Å². The largest absolute Gasteiger partial charge is 0.376 e. The molecule has 3 aliphatic rings. The molecule has 0 aromatic heterocycles. The van der Waals surface area contributed by atoms with E-state index in [1.54, 1.807) is 0 Å². The van der Waals surface area contributed by atoms with Gasteiger partial charge in [-0.2, -0.15) is 11.8 Å². The Kier molecular flexibility index (Phi) is 2.75. The zero-order valence-corrected chi connectivity index (χ0v) is 10.3. The van der Waals surface area contributed by atoms with Crippen molar-refractivity contribution in [2.24, 2.45) is 10.7 Å². The Morgan fingerprint density at radius 3 is 3.25 bits per heavy atom. The summed E-state index contributed by atoms with van der Waals surface area (Å²) in [5.74, 6) is 3.15. The number of nitrogens with two attached hydrogens (primary N) is 1. The molecule has 0 saturated carbocycles. The highest BCUT2D eigenvalue weighted by Gasteiger charge is 2.45. The van der Waals surface area contributed by atoms with Crippen LogP contribution in [0.5, 0.6) is 0 Å². The van der Waals surface area contributed by atoms with Crippen LogP contribution in [0.25, 0.3) is 0 Å². The molecule has 3 aliphatic heterocycles. The minimum Gasteiger partial charge on any atom is -0.376 e.